The predicted molar refractivity (Wildman–Crippen MR) is 214 cm³/mol. The van der Waals surface area contributed by atoms with Gasteiger partial charge < -0.3 is 15.1 Å². The number of aromatic nitrogens is 4. The minimum Gasteiger partial charge on any atom is -0.370 e. The number of anilines is 2. The van der Waals surface area contributed by atoms with E-state index in [1.54, 1.807) is 17.7 Å². The number of amides is 1. The van der Waals surface area contributed by atoms with Gasteiger partial charge in [0.1, 0.15) is 23.0 Å². The minimum atomic E-state index is -4.72. The van der Waals surface area contributed by atoms with Gasteiger partial charge in [-0.1, -0.05) is 17.7 Å². The van der Waals surface area contributed by atoms with Crippen molar-refractivity contribution in [3.63, 3.8) is 0 Å². The lowest BCUT2D eigenvalue weighted by Gasteiger charge is -2.40. The van der Waals surface area contributed by atoms with E-state index in [-0.39, 0.29) is 41.7 Å². The lowest BCUT2D eigenvalue weighted by molar-refractivity contribution is -0.141. The van der Waals surface area contributed by atoms with Crippen molar-refractivity contribution in [3.05, 3.63) is 80.2 Å². The van der Waals surface area contributed by atoms with Gasteiger partial charge in [-0.15, -0.1) is 11.3 Å². The Morgan fingerprint density at radius 2 is 1.72 bits per heavy atom. The van der Waals surface area contributed by atoms with Crippen LogP contribution >= 0.6 is 22.9 Å². The van der Waals surface area contributed by atoms with Gasteiger partial charge in [-0.3, -0.25) is 23.5 Å². The highest BCUT2D eigenvalue weighted by atomic mass is 35.5. The Balaban J connectivity index is 0.866. The number of hydrogen-bond donors (Lipinski definition) is 1. The number of ketones is 2. The standard InChI is InChI=1S/C41H42ClF4N7O4S/c1-50(24-14-16-52(17-15-24)32-13-11-26(42)36-37(32)51(2)40(57)53(36)31-12-10-25(54)18-33(31)55)21-22-6-8-23(9-7-22)39-49-30-19-27(43)29(20-34(30)58-39)48-38(56)28-4-3-5-35(47-28)41(44,45)46/h3-5,11,13,19-20,22-24,31H,6-10,12,14-18,21H2,1-2H3,(H,48,56). The third-order valence-electron chi connectivity index (χ3n) is 12.1. The summed E-state index contributed by atoms with van der Waals surface area (Å²) in [6.45, 7) is 2.55. The van der Waals surface area contributed by atoms with Crippen LogP contribution in [-0.4, -0.2) is 74.2 Å². The molecule has 0 bridgehead atoms. The molecule has 4 heterocycles. The number of rotatable bonds is 8. The molecule has 2 saturated carbocycles. The Kier molecular flexibility index (Phi) is 11.0. The zero-order chi connectivity index (χ0) is 41.0. The topological polar surface area (TPSA) is 122 Å². The molecular weight excluding hydrogens is 798 g/mol. The number of fused-ring (bicyclic) bond motifs is 2. The number of Topliss-reactive ketones (excluding diaryl/α,β-unsaturated/α-hetero) is 2. The number of halogens is 5. The van der Waals surface area contributed by atoms with Gasteiger partial charge >= 0.3 is 11.9 Å². The second-order valence-corrected chi connectivity index (χ2v) is 17.3. The zero-order valence-electron chi connectivity index (χ0n) is 32.0. The molecular formula is C41H42ClF4N7O4S. The number of imidazole rings is 1. The summed E-state index contributed by atoms with van der Waals surface area (Å²) in [5, 5.41) is 3.67. The number of thiazole rings is 1. The van der Waals surface area contributed by atoms with Crippen LogP contribution in [0.4, 0.5) is 28.9 Å². The second-order valence-electron chi connectivity index (χ2n) is 15.8. The molecule has 1 amide bonds. The second kappa shape index (κ2) is 15.8. The number of pyridine rings is 1. The fourth-order valence-corrected chi connectivity index (χ4v) is 10.4. The van der Waals surface area contributed by atoms with Crippen molar-refractivity contribution >= 4 is 73.0 Å². The van der Waals surface area contributed by atoms with E-state index in [2.05, 4.69) is 27.1 Å². The summed E-state index contributed by atoms with van der Waals surface area (Å²) in [6.07, 6.45) is 1.48. The van der Waals surface area contributed by atoms with E-state index in [4.69, 9.17) is 16.6 Å². The van der Waals surface area contributed by atoms with Crippen LogP contribution in [0.15, 0.2) is 47.3 Å². The molecule has 2 aromatic carbocycles. The van der Waals surface area contributed by atoms with Crippen LogP contribution in [0.1, 0.15) is 90.9 Å². The molecule has 1 atom stereocenters. The van der Waals surface area contributed by atoms with Gasteiger partial charge in [0.15, 0.2) is 5.78 Å². The van der Waals surface area contributed by atoms with Crippen molar-refractivity contribution in [2.75, 3.05) is 36.9 Å². The van der Waals surface area contributed by atoms with Crippen LogP contribution in [-0.2, 0) is 22.8 Å². The van der Waals surface area contributed by atoms with E-state index >= 15 is 4.39 Å². The molecule has 11 nitrogen and oxygen atoms in total. The number of hydrogen-bond acceptors (Lipinski definition) is 9. The molecule has 17 heteroatoms. The largest absolute Gasteiger partial charge is 0.433 e. The van der Waals surface area contributed by atoms with Crippen molar-refractivity contribution in [2.24, 2.45) is 13.0 Å². The van der Waals surface area contributed by atoms with E-state index in [9.17, 15) is 32.3 Å². The smallest absolute Gasteiger partial charge is 0.370 e. The zero-order valence-corrected chi connectivity index (χ0v) is 33.5. The van der Waals surface area contributed by atoms with E-state index in [0.29, 0.717) is 44.7 Å². The lowest BCUT2D eigenvalue weighted by atomic mass is 9.82. The van der Waals surface area contributed by atoms with Crippen molar-refractivity contribution < 1.29 is 31.9 Å². The van der Waals surface area contributed by atoms with Gasteiger partial charge in [0.2, 0.25) is 0 Å². The lowest BCUT2D eigenvalue weighted by Crippen LogP contribution is -2.45. The Bertz CT molecular complexity index is 2480. The number of nitrogens with zero attached hydrogens (tertiary/aromatic N) is 6. The van der Waals surface area contributed by atoms with Crippen molar-refractivity contribution in [3.8, 4) is 0 Å². The van der Waals surface area contributed by atoms with Gasteiger partial charge in [-0.2, -0.15) is 13.2 Å². The first-order valence-electron chi connectivity index (χ1n) is 19.5. The van der Waals surface area contributed by atoms with Gasteiger partial charge in [0.05, 0.1) is 55.1 Å². The molecule has 1 saturated heterocycles. The number of nitrogens with one attached hydrogen (secondary N) is 1. The normalized spacial score (nSPS) is 21.1. The summed E-state index contributed by atoms with van der Waals surface area (Å²) in [5.41, 5.74) is 0.469. The fraction of sp³-hybridized carbons (Fsp3) is 0.463. The third-order valence-corrected chi connectivity index (χ3v) is 13.6. The van der Waals surface area contributed by atoms with Crippen molar-refractivity contribution in [1.29, 1.82) is 0 Å². The number of aryl methyl sites for hydroxylation is 1. The first kappa shape index (κ1) is 40.1. The molecule has 1 N–H and O–H groups in total. The Hall–Kier alpha value is -4.67. The number of alkyl halides is 3. The average Bonchev–Trinajstić information content (AvgIpc) is 3.72. The van der Waals surface area contributed by atoms with Gasteiger partial charge in [-0.25, -0.2) is 19.2 Å². The highest BCUT2D eigenvalue weighted by molar-refractivity contribution is 7.18. The Morgan fingerprint density at radius 1 is 0.983 bits per heavy atom. The summed E-state index contributed by atoms with van der Waals surface area (Å²) >= 11 is 8.14. The quantitative estimate of drug-likeness (QED) is 0.123. The monoisotopic (exact) mass is 839 g/mol. The van der Waals surface area contributed by atoms with Crippen LogP contribution in [0.3, 0.4) is 0 Å². The van der Waals surface area contributed by atoms with Crippen LogP contribution < -0.4 is 15.9 Å². The highest BCUT2D eigenvalue weighted by Gasteiger charge is 2.35. The maximum Gasteiger partial charge on any atom is 0.433 e. The molecule has 8 rings (SSSR count). The van der Waals surface area contributed by atoms with E-state index in [1.807, 2.05) is 6.07 Å². The summed E-state index contributed by atoms with van der Waals surface area (Å²) < 4.78 is 58.1. The number of carbonyl (C=O) groups excluding carboxylic acids is 3. The number of piperidine rings is 1. The molecule has 5 aromatic rings. The highest BCUT2D eigenvalue weighted by Crippen LogP contribution is 2.41. The molecule has 3 aromatic heterocycles. The van der Waals surface area contributed by atoms with Crippen LogP contribution in [0.25, 0.3) is 21.3 Å². The fourth-order valence-electron chi connectivity index (χ4n) is 8.97. The van der Waals surface area contributed by atoms with Gasteiger partial charge in [0, 0.05) is 51.1 Å². The van der Waals surface area contributed by atoms with Gasteiger partial charge in [-0.05, 0) is 88.2 Å². The molecule has 3 fully saturated rings. The SMILES string of the molecule is CN(CC1CCC(c2nc3cc(F)c(NC(=O)c4cccc(C(F)(F)F)n4)cc3s2)CC1)C1CCN(c2ccc(Cl)c3c2n(C)c(=O)n3C2CCC(=O)CC2=O)CC1. The predicted octanol–water partition coefficient (Wildman–Crippen LogP) is 8.15. The minimum absolute atomic E-state index is 0.102. The summed E-state index contributed by atoms with van der Waals surface area (Å²) in [4.78, 5) is 63.9. The number of benzene rings is 2. The molecule has 306 valence electrons. The van der Waals surface area contributed by atoms with Crippen molar-refractivity contribution in [1.82, 2.24) is 24.0 Å². The first-order chi connectivity index (χ1) is 27.7. The molecule has 0 radical (unpaired) electrons. The van der Waals surface area contributed by atoms with Crippen LogP contribution in [0.5, 0.6) is 0 Å². The van der Waals surface area contributed by atoms with Crippen LogP contribution in [0, 0.1) is 11.7 Å². The molecule has 1 aliphatic heterocycles. The summed E-state index contributed by atoms with van der Waals surface area (Å²) in [5.74, 6) is -1.30. The van der Waals surface area contributed by atoms with Crippen LogP contribution in [0.2, 0.25) is 5.02 Å². The van der Waals surface area contributed by atoms with E-state index < -0.39 is 35.3 Å². The maximum absolute atomic E-state index is 15.0. The van der Waals surface area contributed by atoms with E-state index in [1.165, 1.54) is 28.0 Å². The molecule has 3 aliphatic rings. The Labute approximate surface area is 340 Å². The molecule has 2 aliphatic carbocycles. The molecule has 0 spiro atoms. The summed E-state index contributed by atoms with van der Waals surface area (Å²) in [7, 11) is 3.89. The number of carbonyl (C=O) groups is 3. The van der Waals surface area contributed by atoms with Gasteiger partial charge in [0.25, 0.3) is 5.91 Å². The average molecular weight is 840 g/mol. The first-order valence-corrected chi connectivity index (χ1v) is 20.7. The third kappa shape index (κ3) is 7.77. The van der Waals surface area contributed by atoms with E-state index in [0.717, 1.165) is 87.1 Å². The Morgan fingerprint density at radius 3 is 2.43 bits per heavy atom. The molecule has 1 unspecified atom stereocenters. The molecule has 58 heavy (non-hydrogen) atoms. The maximum atomic E-state index is 15.0. The van der Waals surface area contributed by atoms with Crippen molar-refractivity contribution in [2.45, 2.75) is 82.0 Å². The summed E-state index contributed by atoms with van der Waals surface area (Å²) in [6, 6.07) is 9.12.